The van der Waals surface area contributed by atoms with E-state index in [1.54, 1.807) is 0 Å². The van der Waals surface area contributed by atoms with Gasteiger partial charge in [-0.25, -0.2) is 0 Å². The minimum absolute atomic E-state index is 0.109. The lowest BCUT2D eigenvalue weighted by Crippen LogP contribution is -2.46. The lowest BCUT2D eigenvalue weighted by molar-refractivity contribution is -0.124. The maximum Gasteiger partial charge on any atom is 0.223 e. The minimum Gasteiger partial charge on any atom is -0.493 e. The van der Waals surface area contributed by atoms with Crippen molar-refractivity contribution in [2.45, 2.75) is 31.8 Å². The van der Waals surface area contributed by atoms with Gasteiger partial charge in [0, 0.05) is 32.6 Å². The highest BCUT2D eigenvalue weighted by Gasteiger charge is 2.29. The average Bonchev–Trinajstić information content (AvgIpc) is 2.48. The second kappa shape index (κ2) is 7.43. The molecule has 1 saturated heterocycles. The summed E-state index contributed by atoms with van der Waals surface area (Å²) < 4.78 is 10.7. The maximum atomic E-state index is 11.7. The van der Waals surface area contributed by atoms with Crippen LogP contribution >= 0.6 is 0 Å². The summed E-state index contributed by atoms with van der Waals surface area (Å²) in [5.74, 6) is 0.651. The van der Waals surface area contributed by atoms with Crippen molar-refractivity contribution >= 4 is 5.91 Å². The molecule has 0 aromatic heterocycles. The molecule has 1 aromatic carbocycles. The van der Waals surface area contributed by atoms with Crippen LogP contribution < -0.4 is 10.1 Å². The summed E-state index contributed by atoms with van der Waals surface area (Å²) in [4.78, 5) is 11.7. The molecule has 0 unspecified atom stereocenters. The molecule has 1 aliphatic rings. The SMILES string of the molecule is Cc1ccc(OCCC(=O)NCC2(O)CCOCC2)cc1. The molecule has 0 bridgehead atoms. The fourth-order valence-corrected chi connectivity index (χ4v) is 2.18. The number of rotatable bonds is 6. The van der Waals surface area contributed by atoms with Crippen LogP contribution in [0.3, 0.4) is 0 Å². The van der Waals surface area contributed by atoms with Gasteiger partial charge >= 0.3 is 0 Å². The molecule has 1 aromatic rings. The summed E-state index contributed by atoms with van der Waals surface area (Å²) in [6, 6.07) is 7.71. The first-order valence-electron chi connectivity index (χ1n) is 7.34. The zero-order valence-electron chi connectivity index (χ0n) is 12.4. The van der Waals surface area contributed by atoms with Crippen molar-refractivity contribution in [1.29, 1.82) is 0 Å². The Morgan fingerprint density at radius 2 is 2.00 bits per heavy atom. The van der Waals surface area contributed by atoms with E-state index in [1.807, 2.05) is 31.2 Å². The summed E-state index contributed by atoms with van der Waals surface area (Å²) in [5, 5.41) is 13.0. The summed E-state index contributed by atoms with van der Waals surface area (Å²) in [6.45, 7) is 3.71. The van der Waals surface area contributed by atoms with Gasteiger partial charge in [-0.15, -0.1) is 0 Å². The fraction of sp³-hybridized carbons (Fsp3) is 0.562. The monoisotopic (exact) mass is 293 g/mol. The number of ether oxygens (including phenoxy) is 2. The van der Waals surface area contributed by atoms with Crippen LogP contribution in [-0.4, -0.2) is 43.0 Å². The van der Waals surface area contributed by atoms with Crippen molar-refractivity contribution in [2.24, 2.45) is 0 Å². The number of aryl methyl sites for hydroxylation is 1. The first-order chi connectivity index (χ1) is 10.1. The van der Waals surface area contributed by atoms with Gasteiger partial charge in [-0.1, -0.05) is 17.7 Å². The molecule has 0 spiro atoms. The van der Waals surface area contributed by atoms with E-state index in [4.69, 9.17) is 9.47 Å². The van der Waals surface area contributed by atoms with E-state index in [1.165, 1.54) is 5.56 Å². The second-order valence-electron chi connectivity index (χ2n) is 5.52. The first kappa shape index (κ1) is 15.8. The molecule has 0 aliphatic carbocycles. The fourth-order valence-electron chi connectivity index (χ4n) is 2.18. The zero-order valence-corrected chi connectivity index (χ0v) is 12.4. The number of amides is 1. The predicted molar refractivity (Wildman–Crippen MR) is 79.3 cm³/mol. The maximum absolute atomic E-state index is 11.7. The van der Waals surface area contributed by atoms with Crippen LogP contribution in [0.4, 0.5) is 0 Å². The molecule has 5 nitrogen and oxygen atoms in total. The lowest BCUT2D eigenvalue weighted by Gasteiger charge is -2.32. The Balaban J connectivity index is 1.64. The van der Waals surface area contributed by atoms with Crippen LogP contribution in [0.25, 0.3) is 0 Å². The van der Waals surface area contributed by atoms with Gasteiger partial charge in [0.05, 0.1) is 18.6 Å². The van der Waals surface area contributed by atoms with Crippen molar-refractivity contribution in [1.82, 2.24) is 5.32 Å². The van der Waals surface area contributed by atoms with Crippen LogP contribution in [0.5, 0.6) is 5.75 Å². The van der Waals surface area contributed by atoms with Crippen LogP contribution in [0.2, 0.25) is 0 Å². The average molecular weight is 293 g/mol. The number of aliphatic hydroxyl groups is 1. The normalized spacial score (nSPS) is 17.2. The van der Waals surface area contributed by atoms with E-state index in [0.29, 0.717) is 32.7 Å². The topological polar surface area (TPSA) is 67.8 Å². The molecular weight excluding hydrogens is 270 g/mol. The molecule has 2 N–H and O–H groups in total. The third-order valence-electron chi connectivity index (χ3n) is 3.66. The molecule has 0 radical (unpaired) electrons. The summed E-state index contributed by atoms with van der Waals surface area (Å²) >= 11 is 0. The van der Waals surface area contributed by atoms with Crippen LogP contribution in [0.1, 0.15) is 24.8 Å². The van der Waals surface area contributed by atoms with Crippen LogP contribution in [0, 0.1) is 6.92 Å². The summed E-state index contributed by atoms with van der Waals surface area (Å²) in [7, 11) is 0. The van der Waals surface area contributed by atoms with Gasteiger partial charge in [-0.3, -0.25) is 4.79 Å². The number of carbonyl (C=O) groups excluding carboxylic acids is 1. The predicted octanol–water partition coefficient (Wildman–Crippen LogP) is 1.42. The first-order valence-corrected chi connectivity index (χ1v) is 7.34. The van der Waals surface area contributed by atoms with E-state index in [9.17, 15) is 9.90 Å². The molecule has 1 heterocycles. The van der Waals surface area contributed by atoms with Crippen LogP contribution in [-0.2, 0) is 9.53 Å². The molecule has 1 fully saturated rings. The Kier molecular flexibility index (Phi) is 5.59. The van der Waals surface area contributed by atoms with Gasteiger partial charge in [-0.2, -0.15) is 0 Å². The largest absolute Gasteiger partial charge is 0.493 e. The van der Waals surface area contributed by atoms with Gasteiger partial charge in [0.15, 0.2) is 0 Å². The molecular formula is C16H23NO4. The highest BCUT2D eigenvalue weighted by molar-refractivity contribution is 5.76. The van der Waals surface area contributed by atoms with E-state index in [-0.39, 0.29) is 18.9 Å². The van der Waals surface area contributed by atoms with Gasteiger partial charge in [0.25, 0.3) is 0 Å². The highest BCUT2D eigenvalue weighted by Crippen LogP contribution is 2.19. The second-order valence-corrected chi connectivity index (χ2v) is 5.52. The Morgan fingerprint density at radius 1 is 1.33 bits per heavy atom. The smallest absolute Gasteiger partial charge is 0.223 e. The van der Waals surface area contributed by atoms with Crippen LogP contribution in [0.15, 0.2) is 24.3 Å². The molecule has 1 aliphatic heterocycles. The number of benzene rings is 1. The van der Waals surface area contributed by atoms with Gasteiger partial charge < -0.3 is 19.9 Å². The molecule has 116 valence electrons. The third kappa shape index (κ3) is 5.36. The van der Waals surface area contributed by atoms with Crippen molar-refractivity contribution in [3.63, 3.8) is 0 Å². The van der Waals surface area contributed by atoms with Crippen molar-refractivity contribution in [3.8, 4) is 5.75 Å². The Hall–Kier alpha value is -1.59. The molecule has 1 amide bonds. The van der Waals surface area contributed by atoms with Crippen molar-refractivity contribution < 1.29 is 19.4 Å². The number of hydrogen-bond acceptors (Lipinski definition) is 4. The van der Waals surface area contributed by atoms with E-state index in [0.717, 1.165) is 5.75 Å². The van der Waals surface area contributed by atoms with Gasteiger partial charge in [0.2, 0.25) is 5.91 Å². The standard InChI is InChI=1S/C16H23NO4/c1-13-2-4-14(5-3-13)21-9-6-15(18)17-12-16(19)7-10-20-11-8-16/h2-5,19H,6-12H2,1H3,(H,17,18). The number of carbonyl (C=O) groups is 1. The Labute approximate surface area is 125 Å². The lowest BCUT2D eigenvalue weighted by atomic mass is 9.94. The van der Waals surface area contributed by atoms with Crippen molar-refractivity contribution in [3.05, 3.63) is 29.8 Å². The summed E-state index contributed by atoms with van der Waals surface area (Å²) in [6.07, 6.45) is 1.40. The van der Waals surface area contributed by atoms with Gasteiger partial charge in [0.1, 0.15) is 5.75 Å². The quantitative estimate of drug-likeness (QED) is 0.832. The Morgan fingerprint density at radius 3 is 2.67 bits per heavy atom. The molecule has 0 saturated carbocycles. The highest BCUT2D eigenvalue weighted by atomic mass is 16.5. The molecule has 0 atom stereocenters. The van der Waals surface area contributed by atoms with E-state index >= 15 is 0 Å². The molecule has 5 heteroatoms. The minimum atomic E-state index is -0.828. The molecule has 2 rings (SSSR count). The van der Waals surface area contributed by atoms with E-state index in [2.05, 4.69) is 5.32 Å². The molecule has 21 heavy (non-hydrogen) atoms. The Bertz CT molecular complexity index is 452. The number of nitrogens with one attached hydrogen (secondary N) is 1. The number of hydrogen-bond donors (Lipinski definition) is 2. The van der Waals surface area contributed by atoms with E-state index < -0.39 is 5.60 Å². The van der Waals surface area contributed by atoms with Gasteiger partial charge in [-0.05, 0) is 19.1 Å². The third-order valence-corrected chi connectivity index (χ3v) is 3.66. The summed E-state index contributed by atoms with van der Waals surface area (Å²) in [5.41, 5.74) is 0.343. The zero-order chi connectivity index (χ0) is 15.1. The van der Waals surface area contributed by atoms with Crippen molar-refractivity contribution in [2.75, 3.05) is 26.4 Å².